The molecule has 106 valence electrons. The van der Waals surface area contributed by atoms with E-state index in [1.165, 1.54) is 11.1 Å². The van der Waals surface area contributed by atoms with Crippen molar-refractivity contribution in [1.29, 1.82) is 0 Å². The molecule has 0 aliphatic rings. The predicted octanol–water partition coefficient (Wildman–Crippen LogP) is 4.61. The molecule has 0 unspecified atom stereocenters. The molecule has 2 aromatic rings. The van der Waals surface area contributed by atoms with E-state index in [2.05, 4.69) is 68.6 Å². The van der Waals surface area contributed by atoms with Crippen LogP contribution >= 0.6 is 0 Å². The van der Waals surface area contributed by atoms with Crippen LogP contribution in [0, 0.1) is 6.92 Å². The Bertz CT molecular complexity index is 531. The molecule has 0 amide bonds. The normalized spacial score (nSPS) is 10.6. The zero-order valence-electron chi connectivity index (χ0n) is 12.5. The van der Waals surface area contributed by atoms with Gasteiger partial charge in [-0.05, 0) is 42.7 Å². The highest BCUT2D eigenvalue weighted by Crippen LogP contribution is 2.20. The largest absolute Gasteiger partial charge is 0.492 e. The molecule has 0 aliphatic heterocycles. The van der Waals surface area contributed by atoms with Crippen LogP contribution < -0.4 is 10.1 Å². The summed E-state index contributed by atoms with van der Waals surface area (Å²) >= 11 is 0. The molecule has 0 saturated heterocycles. The fourth-order valence-corrected chi connectivity index (χ4v) is 2.00. The molecule has 20 heavy (non-hydrogen) atoms. The monoisotopic (exact) mass is 269 g/mol. The minimum atomic E-state index is 0.532. The van der Waals surface area contributed by atoms with Crippen molar-refractivity contribution in [3.05, 3.63) is 59.7 Å². The van der Waals surface area contributed by atoms with E-state index >= 15 is 0 Å². The lowest BCUT2D eigenvalue weighted by atomic mass is 10.0. The summed E-state index contributed by atoms with van der Waals surface area (Å²) in [6.07, 6.45) is 0. The van der Waals surface area contributed by atoms with E-state index in [4.69, 9.17) is 4.74 Å². The van der Waals surface area contributed by atoms with Gasteiger partial charge in [0, 0.05) is 12.2 Å². The molecule has 0 aromatic heterocycles. The molecule has 0 bridgehead atoms. The maximum Gasteiger partial charge on any atom is 0.119 e. The summed E-state index contributed by atoms with van der Waals surface area (Å²) < 4.78 is 5.78. The van der Waals surface area contributed by atoms with Gasteiger partial charge in [0.15, 0.2) is 0 Å². The van der Waals surface area contributed by atoms with Gasteiger partial charge in [-0.1, -0.05) is 43.7 Å². The summed E-state index contributed by atoms with van der Waals surface area (Å²) in [5, 5.41) is 3.35. The smallest absolute Gasteiger partial charge is 0.119 e. The highest BCUT2D eigenvalue weighted by molar-refractivity contribution is 5.44. The fourth-order valence-electron chi connectivity index (χ4n) is 2.00. The third-order valence-electron chi connectivity index (χ3n) is 3.28. The van der Waals surface area contributed by atoms with E-state index in [1.54, 1.807) is 0 Å². The molecule has 0 radical (unpaired) electrons. The van der Waals surface area contributed by atoms with E-state index in [0.29, 0.717) is 12.5 Å². The Morgan fingerprint density at radius 1 is 1.05 bits per heavy atom. The lowest BCUT2D eigenvalue weighted by molar-refractivity contribution is 0.332. The van der Waals surface area contributed by atoms with Crippen LogP contribution in [0.1, 0.15) is 30.9 Å². The van der Waals surface area contributed by atoms with Crippen molar-refractivity contribution < 1.29 is 4.74 Å². The lowest BCUT2D eigenvalue weighted by Crippen LogP contribution is -2.11. The molecule has 0 fully saturated rings. The zero-order chi connectivity index (χ0) is 14.4. The first-order valence-corrected chi connectivity index (χ1v) is 7.18. The second kappa shape index (κ2) is 6.99. The molecular weight excluding hydrogens is 246 g/mol. The van der Waals surface area contributed by atoms with Gasteiger partial charge in [0.25, 0.3) is 0 Å². The number of ether oxygens (including phenoxy) is 1. The topological polar surface area (TPSA) is 21.3 Å². The van der Waals surface area contributed by atoms with Gasteiger partial charge in [-0.2, -0.15) is 0 Å². The van der Waals surface area contributed by atoms with Gasteiger partial charge in [0.05, 0.1) is 0 Å². The van der Waals surface area contributed by atoms with Crippen LogP contribution in [-0.2, 0) is 0 Å². The first kappa shape index (κ1) is 14.4. The van der Waals surface area contributed by atoms with E-state index in [9.17, 15) is 0 Å². The first-order valence-electron chi connectivity index (χ1n) is 7.18. The summed E-state index contributed by atoms with van der Waals surface area (Å²) in [5.74, 6) is 1.48. The Balaban J connectivity index is 1.78. The minimum Gasteiger partial charge on any atom is -0.492 e. The summed E-state index contributed by atoms with van der Waals surface area (Å²) in [6, 6.07) is 16.7. The quantitative estimate of drug-likeness (QED) is 0.773. The van der Waals surface area contributed by atoms with Crippen molar-refractivity contribution in [3.63, 3.8) is 0 Å². The number of aryl methyl sites for hydroxylation is 1. The van der Waals surface area contributed by atoms with E-state index in [-0.39, 0.29) is 0 Å². The van der Waals surface area contributed by atoms with Gasteiger partial charge >= 0.3 is 0 Å². The second-order valence-electron chi connectivity index (χ2n) is 5.37. The molecule has 2 nitrogen and oxygen atoms in total. The fraction of sp³-hybridized carbons (Fsp3) is 0.333. The SMILES string of the molecule is Cc1ccc(NCCOc2cccc(C(C)C)c2)cc1. The second-order valence-corrected chi connectivity index (χ2v) is 5.37. The Morgan fingerprint density at radius 2 is 1.80 bits per heavy atom. The van der Waals surface area contributed by atoms with Gasteiger partial charge in [0.2, 0.25) is 0 Å². The van der Waals surface area contributed by atoms with Crippen molar-refractivity contribution >= 4 is 5.69 Å². The van der Waals surface area contributed by atoms with Crippen molar-refractivity contribution in [2.75, 3.05) is 18.5 Å². The molecule has 0 saturated carbocycles. The van der Waals surface area contributed by atoms with Crippen LogP contribution in [0.5, 0.6) is 5.75 Å². The van der Waals surface area contributed by atoms with E-state index in [0.717, 1.165) is 18.0 Å². The Kier molecular flexibility index (Phi) is 5.05. The first-order chi connectivity index (χ1) is 9.65. The van der Waals surface area contributed by atoms with Gasteiger partial charge in [0.1, 0.15) is 12.4 Å². The molecular formula is C18H23NO. The maximum absolute atomic E-state index is 5.78. The molecule has 0 aliphatic carbocycles. The molecule has 2 aromatic carbocycles. The Morgan fingerprint density at radius 3 is 2.50 bits per heavy atom. The van der Waals surface area contributed by atoms with Gasteiger partial charge in [-0.3, -0.25) is 0 Å². The maximum atomic E-state index is 5.78. The summed E-state index contributed by atoms with van der Waals surface area (Å²) in [7, 11) is 0. The van der Waals surface area contributed by atoms with E-state index in [1.807, 2.05) is 6.07 Å². The van der Waals surface area contributed by atoms with Crippen LogP contribution in [-0.4, -0.2) is 13.2 Å². The molecule has 0 heterocycles. The van der Waals surface area contributed by atoms with Crippen molar-refractivity contribution in [2.24, 2.45) is 0 Å². The average Bonchev–Trinajstić information content (AvgIpc) is 2.46. The molecule has 1 N–H and O–H groups in total. The van der Waals surface area contributed by atoms with Crippen LogP contribution in [0.25, 0.3) is 0 Å². The Hall–Kier alpha value is -1.96. The lowest BCUT2D eigenvalue weighted by Gasteiger charge is -2.11. The summed E-state index contributed by atoms with van der Waals surface area (Å²) in [4.78, 5) is 0. The van der Waals surface area contributed by atoms with Crippen molar-refractivity contribution in [2.45, 2.75) is 26.7 Å². The van der Waals surface area contributed by atoms with Crippen molar-refractivity contribution in [3.8, 4) is 5.75 Å². The van der Waals surface area contributed by atoms with Crippen LogP contribution in [0.15, 0.2) is 48.5 Å². The molecule has 0 spiro atoms. The van der Waals surface area contributed by atoms with Crippen LogP contribution in [0.4, 0.5) is 5.69 Å². The predicted molar refractivity (Wildman–Crippen MR) is 85.7 cm³/mol. The number of hydrogen-bond acceptors (Lipinski definition) is 2. The molecule has 0 atom stereocenters. The minimum absolute atomic E-state index is 0.532. The number of benzene rings is 2. The highest BCUT2D eigenvalue weighted by Gasteiger charge is 2.00. The van der Waals surface area contributed by atoms with Crippen LogP contribution in [0.2, 0.25) is 0 Å². The van der Waals surface area contributed by atoms with Crippen molar-refractivity contribution in [1.82, 2.24) is 0 Å². The summed E-state index contributed by atoms with van der Waals surface area (Å²) in [6.45, 7) is 7.94. The number of anilines is 1. The molecule has 2 heteroatoms. The number of rotatable bonds is 6. The molecule has 2 rings (SSSR count). The van der Waals surface area contributed by atoms with Gasteiger partial charge in [-0.15, -0.1) is 0 Å². The third-order valence-corrected chi connectivity index (χ3v) is 3.28. The van der Waals surface area contributed by atoms with Gasteiger partial charge in [-0.25, -0.2) is 0 Å². The number of nitrogens with one attached hydrogen (secondary N) is 1. The standard InChI is InChI=1S/C18H23NO/c1-14(2)16-5-4-6-18(13-16)20-12-11-19-17-9-7-15(3)8-10-17/h4-10,13-14,19H,11-12H2,1-3H3. The average molecular weight is 269 g/mol. The van der Waals surface area contributed by atoms with Crippen LogP contribution in [0.3, 0.4) is 0 Å². The number of hydrogen-bond donors (Lipinski definition) is 1. The van der Waals surface area contributed by atoms with Gasteiger partial charge < -0.3 is 10.1 Å². The third kappa shape index (κ3) is 4.30. The highest BCUT2D eigenvalue weighted by atomic mass is 16.5. The summed E-state index contributed by atoms with van der Waals surface area (Å²) in [5.41, 5.74) is 3.72. The zero-order valence-corrected chi connectivity index (χ0v) is 12.5. The van der Waals surface area contributed by atoms with E-state index < -0.39 is 0 Å². The Labute approximate surface area is 121 Å².